The van der Waals surface area contributed by atoms with E-state index in [1.165, 1.54) is 24.3 Å². The molecule has 0 unspecified atom stereocenters. The second-order valence-electron chi connectivity index (χ2n) is 5.81. The third-order valence-electron chi connectivity index (χ3n) is 3.92. The number of halogens is 2. The number of anilines is 1. The molecule has 1 N–H and O–H groups in total. The van der Waals surface area contributed by atoms with Crippen molar-refractivity contribution in [2.45, 2.75) is 6.54 Å². The van der Waals surface area contributed by atoms with Crippen LogP contribution in [-0.2, 0) is 6.54 Å². The van der Waals surface area contributed by atoms with Crippen molar-refractivity contribution in [2.75, 3.05) is 5.32 Å². The molecule has 0 amide bonds. The van der Waals surface area contributed by atoms with Crippen molar-refractivity contribution in [1.82, 2.24) is 15.1 Å². The van der Waals surface area contributed by atoms with Gasteiger partial charge in [0.2, 0.25) is 5.82 Å². The quantitative estimate of drug-likeness (QED) is 0.557. The lowest BCUT2D eigenvalue weighted by atomic mass is 10.2. The number of rotatable bonds is 5. The van der Waals surface area contributed by atoms with Gasteiger partial charge in [-0.25, -0.2) is 13.8 Å². The number of hydrogen-bond acceptors (Lipinski definition) is 5. The largest absolute Gasteiger partial charge is 0.365 e. The van der Waals surface area contributed by atoms with Gasteiger partial charge in [-0.3, -0.25) is 0 Å². The average molecular weight is 364 g/mol. The Morgan fingerprint density at radius 1 is 0.926 bits per heavy atom. The molecule has 0 bridgehead atoms. The first-order chi connectivity index (χ1) is 13.2. The van der Waals surface area contributed by atoms with Gasteiger partial charge in [0.25, 0.3) is 5.89 Å². The number of hydrogen-bond donors (Lipinski definition) is 1. The van der Waals surface area contributed by atoms with Crippen LogP contribution in [0.5, 0.6) is 0 Å². The van der Waals surface area contributed by atoms with Gasteiger partial charge >= 0.3 is 0 Å². The van der Waals surface area contributed by atoms with Crippen molar-refractivity contribution in [3.8, 4) is 22.8 Å². The third kappa shape index (κ3) is 3.82. The Morgan fingerprint density at radius 3 is 2.59 bits per heavy atom. The molecule has 5 nitrogen and oxygen atoms in total. The van der Waals surface area contributed by atoms with Crippen LogP contribution in [0.3, 0.4) is 0 Å². The molecule has 0 aliphatic carbocycles. The van der Waals surface area contributed by atoms with Crippen LogP contribution in [-0.4, -0.2) is 15.1 Å². The maximum Gasteiger partial charge on any atom is 0.261 e. The van der Waals surface area contributed by atoms with E-state index in [1.54, 1.807) is 42.6 Å². The lowest BCUT2D eigenvalue weighted by molar-refractivity contribution is 0.432. The first-order valence-corrected chi connectivity index (χ1v) is 8.22. The summed E-state index contributed by atoms with van der Waals surface area (Å²) in [5.74, 6) is 0.452. The molecule has 4 rings (SSSR count). The lowest BCUT2D eigenvalue weighted by Gasteiger charge is -2.08. The summed E-state index contributed by atoms with van der Waals surface area (Å²) in [6.07, 6.45) is 1.64. The summed E-state index contributed by atoms with van der Waals surface area (Å²) in [5.41, 5.74) is 2.04. The molecule has 2 heterocycles. The van der Waals surface area contributed by atoms with E-state index in [0.29, 0.717) is 23.5 Å². The van der Waals surface area contributed by atoms with E-state index < -0.39 is 0 Å². The van der Waals surface area contributed by atoms with E-state index in [4.69, 9.17) is 4.52 Å². The van der Waals surface area contributed by atoms with E-state index in [9.17, 15) is 8.78 Å². The Labute approximate surface area is 153 Å². The minimum absolute atomic E-state index is 0.268. The number of aromatic nitrogens is 3. The second-order valence-corrected chi connectivity index (χ2v) is 5.81. The molecule has 134 valence electrons. The molecule has 7 heteroatoms. The number of benzene rings is 2. The van der Waals surface area contributed by atoms with Crippen LogP contribution >= 0.6 is 0 Å². The van der Waals surface area contributed by atoms with Crippen LogP contribution in [0.2, 0.25) is 0 Å². The summed E-state index contributed by atoms with van der Waals surface area (Å²) in [6, 6.07) is 15.7. The first-order valence-electron chi connectivity index (χ1n) is 8.22. The van der Waals surface area contributed by atoms with Crippen molar-refractivity contribution in [3.63, 3.8) is 0 Å². The SMILES string of the molecule is Fc1ccc(CNc2ncccc2-c2nc(-c3cccc(F)c3)no2)cc1. The molecule has 2 aromatic heterocycles. The molecule has 0 atom stereocenters. The molecule has 0 spiro atoms. The molecule has 0 aliphatic heterocycles. The van der Waals surface area contributed by atoms with Gasteiger partial charge < -0.3 is 9.84 Å². The molecule has 0 aliphatic rings. The molecule has 0 fully saturated rings. The molecule has 4 aromatic rings. The van der Waals surface area contributed by atoms with Crippen LogP contribution in [0.15, 0.2) is 71.4 Å². The summed E-state index contributed by atoms with van der Waals surface area (Å²) < 4.78 is 31.8. The first kappa shape index (κ1) is 16.8. The fourth-order valence-electron chi connectivity index (χ4n) is 2.58. The van der Waals surface area contributed by atoms with Gasteiger partial charge in [0, 0.05) is 18.3 Å². The summed E-state index contributed by atoms with van der Waals surface area (Å²) in [6.45, 7) is 0.454. The molecule has 27 heavy (non-hydrogen) atoms. The fourth-order valence-corrected chi connectivity index (χ4v) is 2.58. The standard InChI is InChI=1S/C20H14F2N4O/c21-15-8-6-13(7-9-15)12-24-19-17(5-2-10-23-19)20-25-18(26-27-20)14-3-1-4-16(22)11-14/h1-11H,12H2,(H,23,24). The number of nitrogens with zero attached hydrogens (tertiary/aromatic N) is 3. The average Bonchev–Trinajstić information content (AvgIpc) is 3.18. The highest BCUT2D eigenvalue weighted by atomic mass is 19.1. The Balaban J connectivity index is 1.58. The van der Waals surface area contributed by atoms with Gasteiger partial charge in [0.05, 0.1) is 5.56 Å². The zero-order valence-electron chi connectivity index (χ0n) is 14.1. The van der Waals surface area contributed by atoms with Gasteiger partial charge in [0.1, 0.15) is 17.5 Å². The predicted molar refractivity (Wildman–Crippen MR) is 96.6 cm³/mol. The molecule has 0 saturated carbocycles. The van der Waals surface area contributed by atoms with Crippen LogP contribution in [0.4, 0.5) is 14.6 Å². The van der Waals surface area contributed by atoms with E-state index in [1.807, 2.05) is 0 Å². The van der Waals surface area contributed by atoms with Crippen molar-refractivity contribution >= 4 is 5.82 Å². The van der Waals surface area contributed by atoms with Gasteiger partial charge in [-0.05, 0) is 42.0 Å². The van der Waals surface area contributed by atoms with Crippen LogP contribution < -0.4 is 5.32 Å². The summed E-state index contributed by atoms with van der Waals surface area (Å²) >= 11 is 0. The van der Waals surface area contributed by atoms with Crippen LogP contribution in [0, 0.1) is 11.6 Å². The highest BCUT2D eigenvalue weighted by molar-refractivity contribution is 5.70. The molecular weight excluding hydrogens is 350 g/mol. The van der Waals surface area contributed by atoms with Gasteiger partial charge in [-0.15, -0.1) is 0 Å². The second kappa shape index (κ2) is 7.33. The van der Waals surface area contributed by atoms with E-state index in [2.05, 4.69) is 20.4 Å². The van der Waals surface area contributed by atoms with E-state index in [0.717, 1.165) is 5.56 Å². The Bertz CT molecular complexity index is 1060. The third-order valence-corrected chi connectivity index (χ3v) is 3.92. The van der Waals surface area contributed by atoms with Gasteiger partial charge in [0.15, 0.2) is 0 Å². The van der Waals surface area contributed by atoms with Crippen molar-refractivity contribution in [3.05, 3.63) is 84.1 Å². The Morgan fingerprint density at radius 2 is 1.78 bits per heavy atom. The lowest BCUT2D eigenvalue weighted by Crippen LogP contribution is -2.03. The summed E-state index contributed by atoms with van der Waals surface area (Å²) in [4.78, 5) is 8.66. The fraction of sp³-hybridized carbons (Fsp3) is 0.0500. The monoisotopic (exact) mass is 364 g/mol. The maximum atomic E-state index is 13.4. The highest BCUT2D eigenvalue weighted by Crippen LogP contribution is 2.27. The number of nitrogens with one attached hydrogen (secondary N) is 1. The molecular formula is C20H14F2N4O. The van der Waals surface area contributed by atoms with Crippen molar-refractivity contribution in [2.24, 2.45) is 0 Å². The van der Waals surface area contributed by atoms with Crippen LogP contribution in [0.1, 0.15) is 5.56 Å². The van der Waals surface area contributed by atoms with Crippen LogP contribution in [0.25, 0.3) is 22.8 Å². The minimum atomic E-state index is -0.373. The van der Waals surface area contributed by atoms with Gasteiger partial charge in [-0.2, -0.15) is 4.98 Å². The van der Waals surface area contributed by atoms with Gasteiger partial charge in [-0.1, -0.05) is 29.4 Å². The Kier molecular flexibility index (Phi) is 4.57. The van der Waals surface area contributed by atoms with Crippen molar-refractivity contribution in [1.29, 1.82) is 0 Å². The van der Waals surface area contributed by atoms with E-state index >= 15 is 0 Å². The smallest absolute Gasteiger partial charge is 0.261 e. The summed E-state index contributed by atoms with van der Waals surface area (Å²) in [5, 5.41) is 7.11. The minimum Gasteiger partial charge on any atom is -0.365 e. The Hall–Kier alpha value is -3.61. The zero-order valence-corrected chi connectivity index (χ0v) is 14.1. The normalized spacial score (nSPS) is 10.7. The van der Waals surface area contributed by atoms with Crippen molar-refractivity contribution < 1.29 is 13.3 Å². The molecule has 0 saturated heterocycles. The zero-order chi connectivity index (χ0) is 18.6. The van der Waals surface area contributed by atoms with E-state index in [-0.39, 0.29) is 23.3 Å². The predicted octanol–water partition coefficient (Wildman–Crippen LogP) is 4.69. The maximum absolute atomic E-state index is 13.4. The summed E-state index contributed by atoms with van der Waals surface area (Å²) in [7, 11) is 0. The molecule has 2 aromatic carbocycles. The highest BCUT2D eigenvalue weighted by Gasteiger charge is 2.15. The topological polar surface area (TPSA) is 63.8 Å². The number of pyridine rings is 1. The molecule has 0 radical (unpaired) electrons.